The van der Waals surface area contributed by atoms with Crippen LogP contribution in [0.2, 0.25) is 0 Å². The average Bonchev–Trinajstić information content (AvgIpc) is 2.72. The van der Waals surface area contributed by atoms with E-state index in [1.165, 1.54) is 16.2 Å². The molecule has 0 spiro atoms. The number of aromatic nitrogens is 2. The quantitative estimate of drug-likeness (QED) is 0.926. The molecule has 2 rings (SSSR count). The molecule has 0 radical (unpaired) electrons. The molecule has 1 aromatic rings. The third kappa shape index (κ3) is 4.94. The topological polar surface area (TPSA) is 41.1 Å². The Balaban J connectivity index is 1.69. The van der Waals surface area contributed by atoms with Gasteiger partial charge in [-0.15, -0.1) is 10.2 Å². The molecule has 0 amide bonds. The maximum atomic E-state index is 12.2. The van der Waals surface area contributed by atoms with Crippen molar-refractivity contribution in [2.75, 3.05) is 31.5 Å². The Labute approximate surface area is 114 Å². The largest absolute Gasteiger partial charge is 0.401 e. The first-order valence-corrected chi connectivity index (χ1v) is 7.07. The van der Waals surface area contributed by atoms with Gasteiger partial charge in [-0.2, -0.15) is 13.2 Å². The zero-order valence-corrected chi connectivity index (χ0v) is 11.5. The Hall–Kier alpha value is -0.890. The minimum absolute atomic E-state index is 0.411. The lowest BCUT2D eigenvalue weighted by Crippen LogP contribution is -2.41. The molecule has 0 atom stereocenters. The Bertz CT molecular complexity index is 399. The number of halogens is 3. The van der Waals surface area contributed by atoms with Crippen molar-refractivity contribution in [3.8, 4) is 0 Å². The van der Waals surface area contributed by atoms with Gasteiger partial charge >= 0.3 is 6.18 Å². The molecule has 1 aliphatic rings. The number of nitrogens with one attached hydrogen (secondary N) is 1. The van der Waals surface area contributed by atoms with Gasteiger partial charge in [-0.05, 0) is 38.8 Å². The zero-order chi connectivity index (χ0) is 13.9. The summed E-state index contributed by atoms with van der Waals surface area (Å²) in [5, 5.41) is 12.8. The van der Waals surface area contributed by atoms with E-state index in [0.717, 1.165) is 29.5 Å². The molecule has 8 heteroatoms. The second kappa shape index (κ2) is 6.04. The van der Waals surface area contributed by atoms with Gasteiger partial charge in [0.2, 0.25) is 5.13 Å². The van der Waals surface area contributed by atoms with Gasteiger partial charge in [0, 0.05) is 6.54 Å². The van der Waals surface area contributed by atoms with Crippen molar-refractivity contribution in [2.24, 2.45) is 5.92 Å². The molecule has 19 heavy (non-hydrogen) atoms. The van der Waals surface area contributed by atoms with Gasteiger partial charge in [0.15, 0.2) is 0 Å². The molecule has 0 aromatic carbocycles. The number of nitrogens with zero attached hydrogens (tertiary/aromatic N) is 3. The highest BCUT2D eigenvalue weighted by Gasteiger charge is 2.32. The van der Waals surface area contributed by atoms with E-state index in [9.17, 15) is 13.2 Å². The van der Waals surface area contributed by atoms with Crippen molar-refractivity contribution in [3.05, 3.63) is 5.01 Å². The fourth-order valence-corrected chi connectivity index (χ4v) is 2.80. The molecule has 1 aliphatic heterocycles. The van der Waals surface area contributed by atoms with Crippen molar-refractivity contribution in [2.45, 2.75) is 25.9 Å². The Morgan fingerprint density at radius 3 is 2.53 bits per heavy atom. The van der Waals surface area contributed by atoms with Crippen LogP contribution < -0.4 is 5.32 Å². The normalized spacial score (nSPS) is 18.7. The third-order valence-electron chi connectivity index (χ3n) is 3.18. The van der Waals surface area contributed by atoms with E-state index in [4.69, 9.17) is 0 Å². The number of piperidine rings is 1. The van der Waals surface area contributed by atoms with E-state index in [2.05, 4.69) is 15.5 Å². The van der Waals surface area contributed by atoms with E-state index in [0.29, 0.717) is 19.0 Å². The van der Waals surface area contributed by atoms with Gasteiger partial charge in [-0.1, -0.05) is 11.3 Å². The Kier molecular flexibility index (Phi) is 4.62. The molecule has 4 nitrogen and oxygen atoms in total. The molecule has 1 fully saturated rings. The van der Waals surface area contributed by atoms with Gasteiger partial charge < -0.3 is 5.32 Å². The summed E-state index contributed by atoms with van der Waals surface area (Å²) >= 11 is 1.49. The van der Waals surface area contributed by atoms with Crippen LogP contribution in [0.25, 0.3) is 0 Å². The van der Waals surface area contributed by atoms with Gasteiger partial charge in [-0.3, -0.25) is 4.90 Å². The van der Waals surface area contributed by atoms with Crippen LogP contribution in [0.15, 0.2) is 0 Å². The number of alkyl halides is 3. The van der Waals surface area contributed by atoms with Gasteiger partial charge in [-0.25, -0.2) is 0 Å². The van der Waals surface area contributed by atoms with Crippen molar-refractivity contribution < 1.29 is 13.2 Å². The SMILES string of the molecule is Cc1nnc(NCC2CCN(CC(F)(F)F)CC2)s1. The first-order valence-electron chi connectivity index (χ1n) is 6.25. The Morgan fingerprint density at radius 2 is 2.00 bits per heavy atom. The number of hydrogen-bond donors (Lipinski definition) is 1. The van der Waals surface area contributed by atoms with Crippen LogP contribution in [-0.2, 0) is 0 Å². The van der Waals surface area contributed by atoms with Gasteiger partial charge in [0.25, 0.3) is 0 Å². The van der Waals surface area contributed by atoms with E-state index in [1.807, 2.05) is 6.92 Å². The maximum Gasteiger partial charge on any atom is 0.401 e. The summed E-state index contributed by atoms with van der Waals surface area (Å²) in [6, 6.07) is 0. The minimum Gasteiger partial charge on any atom is -0.360 e. The van der Waals surface area contributed by atoms with Crippen molar-refractivity contribution >= 4 is 16.5 Å². The number of hydrogen-bond acceptors (Lipinski definition) is 5. The molecule has 1 aromatic heterocycles. The number of rotatable bonds is 4. The monoisotopic (exact) mass is 294 g/mol. The lowest BCUT2D eigenvalue weighted by molar-refractivity contribution is -0.148. The first kappa shape index (κ1) is 14.5. The average molecular weight is 294 g/mol. The van der Waals surface area contributed by atoms with Crippen molar-refractivity contribution in [3.63, 3.8) is 0 Å². The zero-order valence-electron chi connectivity index (χ0n) is 10.7. The molecule has 0 aliphatic carbocycles. The number of aryl methyl sites for hydroxylation is 1. The fraction of sp³-hybridized carbons (Fsp3) is 0.818. The summed E-state index contributed by atoms with van der Waals surface area (Å²) in [5.41, 5.74) is 0. The summed E-state index contributed by atoms with van der Waals surface area (Å²) in [4.78, 5) is 1.48. The number of anilines is 1. The van der Waals surface area contributed by atoms with Crippen molar-refractivity contribution in [1.29, 1.82) is 0 Å². The lowest BCUT2D eigenvalue weighted by Gasteiger charge is -2.32. The summed E-state index contributed by atoms with van der Waals surface area (Å²) in [6.45, 7) is 2.89. The second-order valence-corrected chi connectivity index (χ2v) is 6.02. The predicted molar refractivity (Wildman–Crippen MR) is 68.4 cm³/mol. The fourth-order valence-electron chi connectivity index (χ4n) is 2.20. The van der Waals surface area contributed by atoms with Gasteiger partial charge in [0.05, 0.1) is 6.54 Å². The molecule has 2 heterocycles. The van der Waals surface area contributed by atoms with Crippen LogP contribution in [0.3, 0.4) is 0 Å². The van der Waals surface area contributed by atoms with Crippen LogP contribution in [0.4, 0.5) is 18.3 Å². The predicted octanol–water partition coefficient (Wildman–Crippen LogP) is 2.53. The van der Waals surface area contributed by atoms with E-state index in [-0.39, 0.29) is 0 Å². The van der Waals surface area contributed by atoms with Crippen molar-refractivity contribution in [1.82, 2.24) is 15.1 Å². The Morgan fingerprint density at radius 1 is 1.32 bits per heavy atom. The van der Waals surface area contributed by atoms with Crippen LogP contribution >= 0.6 is 11.3 Å². The third-order valence-corrected chi connectivity index (χ3v) is 3.97. The molecule has 0 unspecified atom stereocenters. The van der Waals surface area contributed by atoms with Crippen LogP contribution in [0.5, 0.6) is 0 Å². The van der Waals surface area contributed by atoms with Crippen LogP contribution in [-0.4, -0.2) is 47.5 Å². The second-order valence-electron chi connectivity index (χ2n) is 4.84. The molecule has 0 saturated carbocycles. The summed E-state index contributed by atoms with van der Waals surface area (Å²) in [7, 11) is 0. The molecule has 1 N–H and O–H groups in total. The highest BCUT2D eigenvalue weighted by molar-refractivity contribution is 7.15. The molecular weight excluding hydrogens is 277 g/mol. The maximum absolute atomic E-state index is 12.2. The standard InChI is InChI=1S/C11H17F3N4S/c1-8-16-17-10(19-8)15-6-9-2-4-18(5-3-9)7-11(12,13)14/h9H,2-7H2,1H3,(H,15,17). The first-order chi connectivity index (χ1) is 8.92. The van der Waals surface area contributed by atoms with Crippen LogP contribution in [0, 0.1) is 12.8 Å². The van der Waals surface area contributed by atoms with E-state index >= 15 is 0 Å². The highest BCUT2D eigenvalue weighted by Crippen LogP contribution is 2.23. The van der Waals surface area contributed by atoms with Crippen LogP contribution in [0.1, 0.15) is 17.8 Å². The molecule has 0 bridgehead atoms. The van der Waals surface area contributed by atoms with E-state index < -0.39 is 12.7 Å². The molecular formula is C11H17F3N4S. The molecule has 108 valence electrons. The van der Waals surface area contributed by atoms with Gasteiger partial charge in [0.1, 0.15) is 5.01 Å². The molecule has 1 saturated heterocycles. The smallest absolute Gasteiger partial charge is 0.360 e. The summed E-state index contributed by atoms with van der Waals surface area (Å²) in [5.74, 6) is 0.411. The number of likely N-dealkylation sites (tertiary alicyclic amines) is 1. The summed E-state index contributed by atoms with van der Waals surface area (Å²) < 4.78 is 36.7. The highest BCUT2D eigenvalue weighted by atomic mass is 32.1. The van der Waals surface area contributed by atoms with E-state index in [1.54, 1.807) is 0 Å². The minimum atomic E-state index is -4.09. The lowest BCUT2D eigenvalue weighted by atomic mass is 9.97. The summed E-state index contributed by atoms with van der Waals surface area (Å²) in [6.07, 6.45) is -2.50.